The van der Waals surface area contributed by atoms with Crippen LogP contribution in [0.1, 0.15) is 15.9 Å². The maximum atomic E-state index is 12.8. The van der Waals surface area contributed by atoms with Gasteiger partial charge in [-0.1, -0.05) is 53.8 Å². The maximum Gasteiger partial charge on any atom is 0.416 e. The number of nitrogens with one attached hydrogen (secondary N) is 1. The molecule has 0 aliphatic carbocycles. The molecule has 4 aromatic rings. The van der Waals surface area contributed by atoms with Crippen LogP contribution in [0.4, 0.5) is 18.3 Å². The molecule has 0 atom stereocenters. The zero-order chi connectivity index (χ0) is 19.7. The van der Waals surface area contributed by atoms with Crippen LogP contribution < -0.4 is 5.32 Å². The minimum atomic E-state index is -4.40. The molecular weight excluding hydrogens is 385 g/mol. The highest BCUT2D eigenvalue weighted by Gasteiger charge is 2.30. The Balaban J connectivity index is 1.64. The first-order chi connectivity index (χ1) is 13.4. The Bertz CT molecular complexity index is 1120. The summed E-state index contributed by atoms with van der Waals surface area (Å²) in [7, 11) is 0. The van der Waals surface area contributed by atoms with Gasteiger partial charge in [-0.2, -0.15) is 13.2 Å². The molecule has 1 amide bonds. The van der Waals surface area contributed by atoms with Crippen molar-refractivity contribution in [1.29, 1.82) is 0 Å². The van der Waals surface area contributed by atoms with Crippen LogP contribution in [0.3, 0.4) is 0 Å². The molecule has 0 spiro atoms. The first kappa shape index (κ1) is 18.2. The van der Waals surface area contributed by atoms with Crippen molar-refractivity contribution >= 4 is 32.6 Å². The van der Waals surface area contributed by atoms with E-state index in [4.69, 9.17) is 0 Å². The van der Waals surface area contributed by atoms with E-state index in [1.807, 2.05) is 24.3 Å². The summed E-state index contributed by atoms with van der Waals surface area (Å²) in [6.07, 6.45) is -4.40. The number of halogens is 3. The minimum Gasteiger partial charge on any atom is -0.298 e. The topological polar surface area (TPSA) is 42.0 Å². The molecule has 140 valence electrons. The number of hydrogen-bond donors (Lipinski definition) is 1. The van der Waals surface area contributed by atoms with Gasteiger partial charge in [0.1, 0.15) is 0 Å². The van der Waals surface area contributed by atoms with Gasteiger partial charge in [-0.15, -0.1) is 0 Å². The van der Waals surface area contributed by atoms with Crippen molar-refractivity contribution in [2.24, 2.45) is 0 Å². The highest BCUT2D eigenvalue weighted by Crippen LogP contribution is 2.32. The van der Waals surface area contributed by atoms with Gasteiger partial charge in [0, 0.05) is 5.56 Å². The molecule has 0 radical (unpaired) electrons. The maximum absolute atomic E-state index is 12.8. The van der Waals surface area contributed by atoms with Crippen molar-refractivity contribution in [1.82, 2.24) is 4.98 Å². The number of carbonyl (C=O) groups is 1. The molecule has 0 saturated carbocycles. The van der Waals surface area contributed by atoms with E-state index in [2.05, 4.69) is 10.3 Å². The third kappa shape index (κ3) is 3.61. The third-order valence-corrected chi connectivity index (χ3v) is 5.16. The monoisotopic (exact) mass is 398 g/mol. The predicted molar refractivity (Wildman–Crippen MR) is 104 cm³/mol. The zero-order valence-electron chi connectivity index (χ0n) is 14.3. The van der Waals surface area contributed by atoms with E-state index in [0.29, 0.717) is 21.8 Å². The van der Waals surface area contributed by atoms with Crippen molar-refractivity contribution in [3.8, 4) is 11.1 Å². The average molecular weight is 398 g/mol. The largest absolute Gasteiger partial charge is 0.416 e. The number of rotatable bonds is 3. The number of alkyl halides is 3. The summed E-state index contributed by atoms with van der Waals surface area (Å²) >= 11 is 1.36. The Morgan fingerprint density at radius 3 is 2.29 bits per heavy atom. The lowest BCUT2D eigenvalue weighted by molar-refractivity contribution is -0.137. The molecule has 1 aromatic heterocycles. The number of thiazole rings is 1. The normalized spacial score (nSPS) is 11.5. The molecule has 7 heteroatoms. The molecular formula is C21H13F3N2OS. The van der Waals surface area contributed by atoms with E-state index in [1.54, 1.807) is 24.3 Å². The highest BCUT2D eigenvalue weighted by molar-refractivity contribution is 7.22. The van der Waals surface area contributed by atoms with E-state index in [-0.39, 0.29) is 5.91 Å². The van der Waals surface area contributed by atoms with Crippen molar-refractivity contribution in [3.05, 3.63) is 83.9 Å². The lowest BCUT2D eigenvalue weighted by atomic mass is 9.98. The molecule has 1 heterocycles. The summed E-state index contributed by atoms with van der Waals surface area (Å²) in [5, 5.41) is 3.25. The Labute approximate surface area is 162 Å². The van der Waals surface area contributed by atoms with Gasteiger partial charge in [0.2, 0.25) is 0 Å². The summed E-state index contributed by atoms with van der Waals surface area (Å²) in [6, 6.07) is 19.1. The second kappa shape index (κ2) is 7.09. The number of anilines is 1. The van der Waals surface area contributed by atoms with Gasteiger partial charge in [-0.3, -0.25) is 10.1 Å². The lowest BCUT2D eigenvalue weighted by Gasteiger charge is -2.11. The Kier molecular flexibility index (Phi) is 4.60. The van der Waals surface area contributed by atoms with E-state index in [1.165, 1.54) is 23.5 Å². The van der Waals surface area contributed by atoms with Crippen LogP contribution in [0.5, 0.6) is 0 Å². The second-order valence-corrected chi connectivity index (χ2v) is 7.09. The molecule has 0 aliphatic rings. The SMILES string of the molecule is O=C(Nc1nc2ccccc2s1)c1ccccc1-c1ccc(C(F)(F)F)cc1. The van der Waals surface area contributed by atoms with Gasteiger partial charge in [0.05, 0.1) is 15.8 Å². The predicted octanol–water partition coefficient (Wildman–Crippen LogP) is 6.23. The van der Waals surface area contributed by atoms with Gasteiger partial charge >= 0.3 is 6.18 Å². The van der Waals surface area contributed by atoms with Gasteiger partial charge < -0.3 is 0 Å². The van der Waals surface area contributed by atoms with Gasteiger partial charge in [0.25, 0.3) is 5.91 Å². The van der Waals surface area contributed by atoms with Crippen molar-refractivity contribution in [2.75, 3.05) is 5.32 Å². The van der Waals surface area contributed by atoms with Crippen LogP contribution in [-0.2, 0) is 6.18 Å². The van der Waals surface area contributed by atoms with Gasteiger partial charge in [0.15, 0.2) is 5.13 Å². The number of amides is 1. The number of hydrogen-bond acceptors (Lipinski definition) is 3. The number of para-hydroxylation sites is 1. The lowest BCUT2D eigenvalue weighted by Crippen LogP contribution is -2.13. The van der Waals surface area contributed by atoms with Crippen LogP contribution in [-0.4, -0.2) is 10.9 Å². The van der Waals surface area contributed by atoms with Gasteiger partial charge in [-0.25, -0.2) is 4.98 Å². The zero-order valence-corrected chi connectivity index (χ0v) is 15.1. The smallest absolute Gasteiger partial charge is 0.298 e. The Morgan fingerprint density at radius 1 is 0.893 bits per heavy atom. The summed E-state index contributed by atoms with van der Waals surface area (Å²) in [6.45, 7) is 0. The average Bonchev–Trinajstić information content (AvgIpc) is 3.09. The van der Waals surface area contributed by atoms with E-state index in [0.717, 1.165) is 22.3 Å². The van der Waals surface area contributed by atoms with E-state index in [9.17, 15) is 18.0 Å². The van der Waals surface area contributed by atoms with E-state index >= 15 is 0 Å². The molecule has 0 aliphatic heterocycles. The van der Waals surface area contributed by atoms with Gasteiger partial charge in [-0.05, 0) is 41.5 Å². The molecule has 0 unspecified atom stereocenters. The molecule has 0 fully saturated rings. The van der Waals surface area contributed by atoms with Crippen molar-refractivity contribution < 1.29 is 18.0 Å². The second-order valence-electron chi connectivity index (χ2n) is 6.06. The highest BCUT2D eigenvalue weighted by atomic mass is 32.1. The minimum absolute atomic E-state index is 0.363. The fourth-order valence-electron chi connectivity index (χ4n) is 2.86. The summed E-state index contributed by atoms with van der Waals surface area (Å²) in [5.41, 5.74) is 1.51. The first-order valence-electron chi connectivity index (χ1n) is 8.35. The standard InChI is InChI=1S/C21H13F3N2OS/c22-21(23,24)14-11-9-13(10-12-14)15-5-1-2-6-16(15)19(27)26-20-25-17-7-3-4-8-18(17)28-20/h1-12H,(H,25,26,27). The summed E-state index contributed by atoms with van der Waals surface area (Å²) < 4.78 is 39.3. The Morgan fingerprint density at radius 2 is 1.57 bits per heavy atom. The fourth-order valence-corrected chi connectivity index (χ4v) is 3.72. The number of carbonyl (C=O) groups excluding carboxylic acids is 1. The quantitative estimate of drug-likeness (QED) is 0.444. The van der Waals surface area contributed by atoms with Crippen LogP contribution >= 0.6 is 11.3 Å². The van der Waals surface area contributed by atoms with Crippen molar-refractivity contribution in [3.63, 3.8) is 0 Å². The molecule has 0 saturated heterocycles. The number of fused-ring (bicyclic) bond motifs is 1. The molecule has 1 N–H and O–H groups in total. The number of aromatic nitrogens is 1. The molecule has 3 nitrogen and oxygen atoms in total. The molecule has 4 rings (SSSR count). The number of benzene rings is 3. The summed E-state index contributed by atoms with van der Waals surface area (Å²) in [5.74, 6) is -0.366. The van der Waals surface area contributed by atoms with E-state index < -0.39 is 11.7 Å². The molecule has 28 heavy (non-hydrogen) atoms. The van der Waals surface area contributed by atoms with Crippen LogP contribution in [0.2, 0.25) is 0 Å². The van der Waals surface area contributed by atoms with Crippen LogP contribution in [0.15, 0.2) is 72.8 Å². The summed E-state index contributed by atoms with van der Waals surface area (Å²) in [4.78, 5) is 17.2. The molecule has 0 bridgehead atoms. The third-order valence-electron chi connectivity index (χ3n) is 4.21. The van der Waals surface area contributed by atoms with Crippen molar-refractivity contribution in [2.45, 2.75) is 6.18 Å². The fraction of sp³-hybridized carbons (Fsp3) is 0.0476. The van der Waals surface area contributed by atoms with Crippen LogP contribution in [0, 0.1) is 0 Å². The Hall–Kier alpha value is -3.19. The first-order valence-corrected chi connectivity index (χ1v) is 9.17. The van der Waals surface area contributed by atoms with Crippen LogP contribution in [0.25, 0.3) is 21.3 Å². The number of nitrogens with zero attached hydrogens (tertiary/aromatic N) is 1. The molecule has 3 aromatic carbocycles.